The molecule has 0 fully saturated rings. The number of aliphatic carboxylic acids is 1. The molecule has 2 aromatic rings. The number of nitrogens with one attached hydrogen (secondary N) is 1. The Morgan fingerprint density at radius 2 is 2.05 bits per heavy atom. The molecule has 1 aromatic heterocycles. The predicted octanol–water partition coefficient (Wildman–Crippen LogP) is 0.144. The fourth-order valence-corrected chi connectivity index (χ4v) is 1.76. The number of nitrogens with zero attached hydrogens (tertiary/aromatic N) is 4. The van der Waals surface area contributed by atoms with E-state index in [-0.39, 0.29) is 13.0 Å². The molecule has 1 aromatic carbocycles. The van der Waals surface area contributed by atoms with E-state index in [1.54, 1.807) is 0 Å². The van der Waals surface area contributed by atoms with E-state index < -0.39 is 23.7 Å². The van der Waals surface area contributed by atoms with Gasteiger partial charge in [-0.1, -0.05) is 12.1 Å². The molecule has 0 radical (unpaired) electrons. The molecule has 0 aliphatic heterocycles. The molecule has 2 rings (SSSR count). The fraction of sp³-hybridized carbons (Fsp3) is 0.250. The molecule has 2 N–H and O–H groups in total. The van der Waals surface area contributed by atoms with Crippen LogP contribution in [-0.2, 0) is 16.1 Å². The van der Waals surface area contributed by atoms with Crippen LogP contribution in [0.4, 0.5) is 4.39 Å². The monoisotopic (exact) mass is 293 g/mol. The van der Waals surface area contributed by atoms with Crippen molar-refractivity contribution in [3.63, 3.8) is 0 Å². The molecule has 8 nitrogen and oxygen atoms in total. The largest absolute Gasteiger partial charge is 0.481 e. The van der Waals surface area contributed by atoms with Gasteiger partial charge in [0.1, 0.15) is 18.7 Å². The van der Waals surface area contributed by atoms with E-state index in [9.17, 15) is 14.0 Å². The summed E-state index contributed by atoms with van der Waals surface area (Å²) in [6.45, 7) is -0.135. The molecule has 0 aliphatic rings. The summed E-state index contributed by atoms with van der Waals surface area (Å²) in [6.07, 6.45) is 0.955. The molecular weight excluding hydrogens is 281 g/mol. The summed E-state index contributed by atoms with van der Waals surface area (Å²) in [5.41, 5.74) is 0.504. The van der Waals surface area contributed by atoms with Gasteiger partial charge in [-0.05, 0) is 28.1 Å². The zero-order chi connectivity index (χ0) is 15.2. The summed E-state index contributed by atoms with van der Waals surface area (Å²) in [5, 5.41) is 21.8. The lowest BCUT2D eigenvalue weighted by atomic mass is 10.0. The summed E-state index contributed by atoms with van der Waals surface area (Å²) < 4.78 is 14.1. The van der Waals surface area contributed by atoms with Crippen LogP contribution in [0.1, 0.15) is 18.0 Å². The Kier molecular flexibility index (Phi) is 4.54. The first-order valence-electron chi connectivity index (χ1n) is 6.02. The highest BCUT2D eigenvalue weighted by Crippen LogP contribution is 2.17. The third-order valence-corrected chi connectivity index (χ3v) is 2.68. The average molecular weight is 293 g/mol. The van der Waals surface area contributed by atoms with Crippen LogP contribution in [-0.4, -0.2) is 37.2 Å². The number of carboxylic acids is 1. The SMILES string of the molecule is O=C(O)CC(NC(=O)Cn1cnnn1)c1ccc(F)cc1. The lowest BCUT2D eigenvalue weighted by Gasteiger charge is -2.17. The minimum absolute atomic E-state index is 0.135. The molecule has 110 valence electrons. The predicted molar refractivity (Wildman–Crippen MR) is 67.4 cm³/mol. The first-order valence-corrected chi connectivity index (χ1v) is 6.02. The molecule has 21 heavy (non-hydrogen) atoms. The number of carbonyl (C=O) groups excluding carboxylic acids is 1. The number of carboxylic acid groups (broad SMARTS) is 1. The van der Waals surface area contributed by atoms with Crippen LogP contribution >= 0.6 is 0 Å². The van der Waals surface area contributed by atoms with Crippen molar-refractivity contribution in [1.82, 2.24) is 25.5 Å². The smallest absolute Gasteiger partial charge is 0.305 e. The van der Waals surface area contributed by atoms with Crippen molar-refractivity contribution >= 4 is 11.9 Å². The number of halogens is 1. The van der Waals surface area contributed by atoms with Gasteiger partial charge in [0.15, 0.2) is 0 Å². The summed E-state index contributed by atoms with van der Waals surface area (Å²) in [6, 6.07) is 4.52. The van der Waals surface area contributed by atoms with Crippen LogP contribution in [0.25, 0.3) is 0 Å². The lowest BCUT2D eigenvalue weighted by molar-refractivity contribution is -0.137. The van der Waals surface area contributed by atoms with Gasteiger partial charge in [-0.3, -0.25) is 9.59 Å². The van der Waals surface area contributed by atoms with Crippen molar-refractivity contribution in [3.8, 4) is 0 Å². The van der Waals surface area contributed by atoms with Gasteiger partial charge < -0.3 is 10.4 Å². The second-order valence-corrected chi connectivity index (χ2v) is 4.28. The molecular formula is C12H12FN5O3. The highest BCUT2D eigenvalue weighted by molar-refractivity contribution is 5.77. The maximum absolute atomic E-state index is 12.9. The molecule has 1 atom stereocenters. The van der Waals surface area contributed by atoms with Gasteiger partial charge in [0.2, 0.25) is 5.91 Å². The van der Waals surface area contributed by atoms with Crippen molar-refractivity contribution in [2.75, 3.05) is 0 Å². The third-order valence-electron chi connectivity index (χ3n) is 2.68. The zero-order valence-electron chi connectivity index (χ0n) is 10.8. The van der Waals surface area contributed by atoms with E-state index in [0.29, 0.717) is 5.56 Å². The minimum atomic E-state index is -1.08. The van der Waals surface area contributed by atoms with E-state index in [4.69, 9.17) is 5.11 Å². The Balaban J connectivity index is 2.07. The van der Waals surface area contributed by atoms with Crippen LogP contribution in [0.3, 0.4) is 0 Å². The molecule has 1 unspecified atom stereocenters. The average Bonchev–Trinajstić information content (AvgIpc) is 2.91. The van der Waals surface area contributed by atoms with Gasteiger partial charge >= 0.3 is 5.97 Å². The molecule has 0 saturated heterocycles. The summed E-state index contributed by atoms with van der Waals surface area (Å²) in [7, 11) is 0. The Morgan fingerprint density at radius 1 is 1.33 bits per heavy atom. The molecule has 0 bridgehead atoms. The van der Waals surface area contributed by atoms with E-state index in [0.717, 1.165) is 0 Å². The van der Waals surface area contributed by atoms with Gasteiger partial charge in [-0.2, -0.15) is 0 Å². The van der Waals surface area contributed by atoms with Crippen LogP contribution in [0.2, 0.25) is 0 Å². The van der Waals surface area contributed by atoms with Gasteiger partial charge in [0, 0.05) is 0 Å². The quantitative estimate of drug-likeness (QED) is 0.784. The van der Waals surface area contributed by atoms with Crippen LogP contribution in [0.15, 0.2) is 30.6 Å². The van der Waals surface area contributed by atoms with Crippen molar-refractivity contribution in [2.45, 2.75) is 19.0 Å². The maximum atomic E-state index is 12.9. The zero-order valence-corrected chi connectivity index (χ0v) is 10.8. The van der Waals surface area contributed by atoms with Gasteiger partial charge in [-0.15, -0.1) is 5.10 Å². The number of carbonyl (C=O) groups is 2. The van der Waals surface area contributed by atoms with E-state index in [2.05, 4.69) is 20.8 Å². The number of amides is 1. The van der Waals surface area contributed by atoms with Gasteiger partial charge in [0.05, 0.1) is 12.5 Å². The van der Waals surface area contributed by atoms with Crippen LogP contribution in [0, 0.1) is 5.82 Å². The second kappa shape index (κ2) is 6.55. The first kappa shape index (κ1) is 14.6. The van der Waals surface area contributed by atoms with E-state index in [1.165, 1.54) is 35.3 Å². The van der Waals surface area contributed by atoms with Crippen LogP contribution < -0.4 is 5.32 Å². The number of tetrazole rings is 1. The normalized spacial score (nSPS) is 11.9. The molecule has 1 amide bonds. The van der Waals surface area contributed by atoms with Crippen molar-refractivity contribution < 1.29 is 19.1 Å². The standard InChI is InChI=1S/C12H12FN5O3/c13-9-3-1-8(2-4-9)10(5-12(20)21)15-11(19)6-18-7-14-16-17-18/h1-4,7,10H,5-6H2,(H,15,19)(H,20,21). The Bertz CT molecular complexity index is 614. The maximum Gasteiger partial charge on any atom is 0.305 e. The van der Waals surface area contributed by atoms with Gasteiger partial charge in [-0.25, -0.2) is 9.07 Å². The second-order valence-electron chi connectivity index (χ2n) is 4.28. The van der Waals surface area contributed by atoms with Crippen molar-refractivity contribution in [1.29, 1.82) is 0 Å². The topological polar surface area (TPSA) is 110 Å². The number of hydrogen-bond donors (Lipinski definition) is 2. The molecule has 0 spiro atoms. The minimum Gasteiger partial charge on any atom is -0.481 e. The number of hydrogen-bond acceptors (Lipinski definition) is 5. The van der Waals surface area contributed by atoms with Crippen LogP contribution in [0.5, 0.6) is 0 Å². The number of rotatable bonds is 6. The Hall–Kier alpha value is -2.84. The summed E-state index contributed by atoms with van der Waals surface area (Å²) in [4.78, 5) is 22.7. The first-order chi connectivity index (χ1) is 10.0. The molecule has 0 aliphatic carbocycles. The Labute approximate surface area is 118 Å². The van der Waals surface area contributed by atoms with E-state index in [1.807, 2.05) is 0 Å². The molecule has 0 saturated carbocycles. The summed E-state index contributed by atoms with van der Waals surface area (Å²) in [5.74, 6) is -1.96. The summed E-state index contributed by atoms with van der Waals surface area (Å²) >= 11 is 0. The number of aromatic nitrogens is 4. The lowest BCUT2D eigenvalue weighted by Crippen LogP contribution is -2.33. The van der Waals surface area contributed by atoms with Crippen molar-refractivity contribution in [3.05, 3.63) is 42.0 Å². The van der Waals surface area contributed by atoms with Crippen molar-refractivity contribution in [2.24, 2.45) is 0 Å². The van der Waals surface area contributed by atoms with Gasteiger partial charge in [0.25, 0.3) is 0 Å². The molecule has 1 heterocycles. The molecule has 9 heteroatoms. The fourth-order valence-electron chi connectivity index (χ4n) is 1.76. The third kappa shape index (κ3) is 4.34. The van der Waals surface area contributed by atoms with E-state index >= 15 is 0 Å². The Morgan fingerprint density at radius 3 is 2.62 bits per heavy atom. The highest BCUT2D eigenvalue weighted by Gasteiger charge is 2.18. The number of benzene rings is 1. The highest BCUT2D eigenvalue weighted by atomic mass is 19.1.